The van der Waals surface area contributed by atoms with Crippen LogP contribution in [-0.2, 0) is 9.53 Å². The van der Waals surface area contributed by atoms with Crippen LogP contribution in [0.4, 0.5) is 4.39 Å². The summed E-state index contributed by atoms with van der Waals surface area (Å²) in [6.07, 6.45) is 1.14. The topological polar surface area (TPSA) is 88.5 Å². The summed E-state index contributed by atoms with van der Waals surface area (Å²) in [5.74, 6) is -2.09. The van der Waals surface area contributed by atoms with Crippen molar-refractivity contribution in [1.82, 2.24) is 10.3 Å². The molecular formula is C12H13FN2O4. The summed E-state index contributed by atoms with van der Waals surface area (Å²) >= 11 is 0. The maximum absolute atomic E-state index is 12.7. The lowest BCUT2D eigenvalue weighted by molar-refractivity contribution is -0.138. The maximum Gasteiger partial charge on any atom is 0.305 e. The highest BCUT2D eigenvalue weighted by Gasteiger charge is 2.39. The number of rotatable bonds is 4. The Morgan fingerprint density at radius 2 is 2.32 bits per heavy atom. The molecule has 0 aliphatic carbocycles. The van der Waals surface area contributed by atoms with E-state index in [2.05, 4.69) is 10.3 Å². The highest BCUT2D eigenvalue weighted by atomic mass is 19.1. The third-order valence-electron chi connectivity index (χ3n) is 2.93. The zero-order valence-electron chi connectivity index (χ0n) is 10.1. The maximum atomic E-state index is 12.7. The fourth-order valence-electron chi connectivity index (χ4n) is 1.99. The number of halogens is 1. The number of ether oxygens (including phenoxy) is 1. The van der Waals surface area contributed by atoms with E-state index in [0.717, 1.165) is 12.3 Å². The summed E-state index contributed by atoms with van der Waals surface area (Å²) in [6, 6.07) is 2.37. The van der Waals surface area contributed by atoms with Gasteiger partial charge in [0.25, 0.3) is 5.91 Å². The Hall–Kier alpha value is -2.02. The van der Waals surface area contributed by atoms with Gasteiger partial charge in [0.2, 0.25) is 0 Å². The molecule has 1 aliphatic rings. The van der Waals surface area contributed by atoms with Crippen LogP contribution in [0.3, 0.4) is 0 Å². The molecule has 19 heavy (non-hydrogen) atoms. The van der Waals surface area contributed by atoms with Crippen LogP contribution in [0.25, 0.3) is 0 Å². The van der Waals surface area contributed by atoms with Gasteiger partial charge < -0.3 is 15.2 Å². The van der Waals surface area contributed by atoms with Crippen molar-refractivity contribution in [2.75, 3.05) is 13.2 Å². The predicted octanol–water partition coefficient (Wildman–Crippen LogP) is 0.584. The molecule has 2 N–H and O–H groups in total. The van der Waals surface area contributed by atoms with Crippen LogP contribution in [0.15, 0.2) is 18.3 Å². The van der Waals surface area contributed by atoms with Crippen molar-refractivity contribution in [2.45, 2.75) is 18.4 Å². The van der Waals surface area contributed by atoms with Gasteiger partial charge in [-0.2, -0.15) is 0 Å². The van der Waals surface area contributed by atoms with Crippen LogP contribution in [0, 0.1) is 5.82 Å². The van der Waals surface area contributed by atoms with Crippen LogP contribution in [0.5, 0.6) is 0 Å². The lowest BCUT2D eigenvalue weighted by Crippen LogP contribution is -2.50. The van der Waals surface area contributed by atoms with Crippen molar-refractivity contribution in [1.29, 1.82) is 0 Å². The van der Waals surface area contributed by atoms with Gasteiger partial charge in [0, 0.05) is 6.61 Å². The van der Waals surface area contributed by atoms with Crippen molar-refractivity contribution in [3.63, 3.8) is 0 Å². The molecule has 7 heteroatoms. The Bertz CT molecular complexity index is 483. The Kier molecular flexibility index (Phi) is 3.75. The van der Waals surface area contributed by atoms with E-state index in [1.807, 2.05) is 0 Å². The van der Waals surface area contributed by atoms with E-state index in [1.54, 1.807) is 0 Å². The van der Waals surface area contributed by atoms with Gasteiger partial charge >= 0.3 is 5.97 Å². The molecule has 1 aromatic rings. The summed E-state index contributed by atoms with van der Waals surface area (Å²) < 4.78 is 17.9. The molecular weight excluding hydrogens is 255 g/mol. The van der Waals surface area contributed by atoms with Crippen molar-refractivity contribution >= 4 is 11.9 Å². The van der Waals surface area contributed by atoms with E-state index >= 15 is 0 Å². The van der Waals surface area contributed by atoms with E-state index < -0.39 is 23.2 Å². The third-order valence-corrected chi connectivity index (χ3v) is 2.93. The SMILES string of the molecule is O=C(O)CC1(NC(=O)c2ccc(F)cn2)CCOC1. The second-order valence-corrected chi connectivity index (χ2v) is 4.47. The summed E-state index contributed by atoms with van der Waals surface area (Å²) in [6.45, 7) is 0.538. The van der Waals surface area contributed by atoms with Gasteiger partial charge in [0.1, 0.15) is 11.5 Å². The zero-order valence-corrected chi connectivity index (χ0v) is 10.1. The summed E-state index contributed by atoms with van der Waals surface area (Å²) in [7, 11) is 0. The first kappa shape index (κ1) is 13.4. The van der Waals surface area contributed by atoms with Crippen molar-refractivity contribution < 1.29 is 23.8 Å². The number of pyridine rings is 1. The quantitative estimate of drug-likeness (QED) is 0.834. The number of nitrogens with zero attached hydrogens (tertiary/aromatic N) is 1. The highest BCUT2D eigenvalue weighted by molar-refractivity contribution is 5.93. The summed E-state index contributed by atoms with van der Waals surface area (Å²) in [5.41, 5.74) is -0.878. The van der Waals surface area contributed by atoms with Crippen molar-refractivity contribution in [3.8, 4) is 0 Å². The van der Waals surface area contributed by atoms with Crippen LogP contribution in [-0.4, -0.2) is 40.7 Å². The molecule has 1 atom stereocenters. The second-order valence-electron chi connectivity index (χ2n) is 4.47. The molecule has 1 fully saturated rings. The van der Waals surface area contributed by atoms with E-state index in [1.165, 1.54) is 6.07 Å². The highest BCUT2D eigenvalue weighted by Crippen LogP contribution is 2.23. The summed E-state index contributed by atoms with van der Waals surface area (Å²) in [5, 5.41) is 11.5. The van der Waals surface area contributed by atoms with E-state index in [9.17, 15) is 14.0 Å². The standard InChI is InChI=1S/C12H13FN2O4/c13-8-1-2-9(14-6-8)11(18)15-12(5-10(16)17)3-4-19-7-12/h1-2,6H,3-5,7H2,(H,15,18)(H,16,17). The smallest absolute Gasteiger partial charge is 0.305 e. The first-order valence-corrected chi connectivity index (χ1v) is 5.74. The zero-order chi connectivity index (χ0) is 13.9. The minimum Gasteiger partial charge on any atom is -0.481 e. The molecule has 0 bridgehead atoms. The number of carbonyl (C=O) groups excluding carboxylic acids is 1. The number of aliphatic carboxylic acids is 1. The Balaban J connectivity index is 2.11. The minimum atomic E-state index is -1.02. The van der Waals surface area contributed by atoms with Gasteiger partial charge in [-0.1, -0.05) is 0 Å². The van der Waals surface area contributed by atoms with Crippen LogP contribution in [0.2, 0.25) is 0 Å². The van der Waals surface area contributed by atoms with Crippen LogP contribution in [0.1, 0.15) is 23.3 Å². The Morgan fingerprint density at radius 3 is 2.84 bits per heavy atom. The molecule has 2 heterocycles. The molecule has 1 amide bonds. The lowest BCUT2D eigenvalue weighted by Gasteiger charge is -2.26. The third kappa shape index (κ3) is 3.25. The number of carbonyl (C=O) groups is 2. The van der Waals surface area contributed by atoms with E-state index in [0.29, 0.717) is 13.0 Å². The molecule has 1 saturated heterocycles. The number of aromatic nitrogens is 1. The number of hydrogen-bond donors (Lipinski definition) is 2. The average Bonchev–Trinajstić information content (AvgIpc) is 2.77. The van der Waals surface area contributed by atoms with Gasteiger partial charge in [0.15, 0.2) is 0 Å². The van der Waals surface area contributed by atoms with E-state index in [4.69, 9.17) is 9.84 Å². The van der Waals surface area contributed by atoms with E-state index in [-0.39, 0.29) is 18.7 Å². The first-order valence-electron chi connectivity index (χ1n) is 5.74. The molecule has 0 aromatic carbocycles. The van der Waals surface area contributed by atoms with Crippen molar-refractivity contribution in [2.24, 2.45) is 0 Å². The monoisotopic (exact) mass is 268 g/mol. The van der Waals surface area contributed by atoms with Crippen LogP contribution >= 0.6 is 0 Å². The number of carboxylic acid groups (broad SMARTS) is 1. The largest absolute Gasteiger partial charge is 0.481 e. The van der Waals surface area contributed by atoms with Crippen LogP contribution < -0.4 is 5.32 Å². The number of carboxylic acids is 1. The fourth-order valence-corrected chi connectivity index (χ4v) is 1.99. The number of amides is 1. The molecule has 1 aliphatic heterocycles. The molecule has 0 radical (unpaired) electrons. The Labute approximate surface area is 108 Å². The van der Waals surface area contributed by atoms with Gasteiger partial charge in [0.05, 0.1) is 24.8 Å². The lowest BCUT2D eigenvalue weighted by atomic mass is 9.94. The van der Waals surface area contributed by atoms with Gasteiger partial charge in [-0.05, 0) is 18.6 Å². The predicted molar refractivity (Wildman–Crippen MR) is 62.1 cm³/mol. The average molecular weight is 268 g/mol. The number of hydrogen-bond acceptors (Lipinski definition) is 4. The molecule has 1 unspecified atom stereocenters. The molecule has 2 rings (SSSR count). The molecule has 102 valence electrons. The molecule has 6 nitrogen and oxygen atoms in total. The minimum absolute atomic E-state index is 0.0399. The molecule has 0 spiro atoms. The second kappa shape index (κ2) is 5.31. The number of nitrogens with one attached hydrogen (secondary N) is 1. The first-order chi connectivity index (χ1) is 9.01. The van der Waals surface area contributed by atoms with Crippen molar-refractivity contribution in [3.05, 3.63) is 29.8 Å². The molecule has 0 saturated carbocycles. The normalized spacial score (nSPS) is 22.2. The Morgan fingerprint density at radius 1 is 1.53 bits per heavy atom. The van der Waals surface area contributed by atoms with Gasteiger partial charge in [-0.25, -0.2) is 9.37 Å². The molecule has 1 aromatic heterocycles. The van der Waals surface area contributed by atoms with Gasteiger partial charge in [-0.15, -0.1) is 0 Å². The fraction of sp³-hybridized carbons (Fsp3) is 0.417. The summed E-state index contributed by atoms with van der Waals surface area (Å²) in [4.78, 5) is 26.5. The van der Waals surface area contributed by atoms with Gasteiger partial charge in [-0.3, -0.25) is 9.59 Å².